The zero-order valence-electron chi connectivity index (χ0n) is 8.58. The molecule has 0 aromatic rings. The van der Waals surface area contributed by atoms with Crippen LogP contribution >= 0.6 is 34.8 Å². The minimum Gasteiger partial charge on any atom is -0.127 e. The van der Waals surface area contributed by atoms with E-state index in [4.69, 9.17) is 34.8 Å². The third kappa shape index (κ3) is 12.6. The Kier molecular flexibility index (Phi) is 12.2. The first kappa shape index (κ1) is 14.6. The van der Waals surface area contributed by atoms with Gasteiger partial charge in [0.2, 0.25) is 0 Å². The lowest BCUT2D eigenvalue weighted by Crippen LogP contribution is -1.81. The number of hydrogen-bond acceptors (Lipinski definition) is 0. The quantitative estimate of drug-likeness (QED) is 0.369. The molecule has 3 heteroatoms. The van der Waals surface area contributed by atoms with Crippen molar-refractivity contribution in [1.29, 1.82) is 0 Å². The van der Waals surface area contributed by atoms with Crippen LogP contribution in [0.25, 0.3) is 0 Å². The van der Waals surface area contributed by atoms with Crippen molar-refractivity contribution in [3.8, 4) is 0 Å². The zero-order valence-corrected chi connectivity index (χ0v) is 10.8. The van der Waals surface area contributed by atoms with E-state index >= 15 is 0 Å². The number of hydrogen-bond donors (Lipinski definition) is 0. The molecule has 0 atom stereocenters. The highest BCUT2D eigenvalue weighted by molar-refractivity contribution is 6.55. The molecule has 0 rings (SSSR count). The van der Waals surface area contributed by atoms with Crippen molar-refractivity contribution in [2.75, 3.05) is 5.88 Å². The van der Waals surface area contributed by atoms with Crippen LogP contribution in [0.2, 0.25) is 0 Å². The Morgan fingerprint density at radius 3 is 1.79 bits per heavy atom. The first-order chi connectivity index (χ1) is 6.77. The molecule has 0 aliphatic rings. The molecule has 0 aromatic heterocycles. The summed E-state index contributed by atoms with van der Waals surface area (Å²) in [6.45, 7) is 0. The SMILES string of the molecule is ClCCCCCCCCCC=C(Cl)Cl. The van der Waals surface area contributed by atoms with Gasteiger partial charge >= 0.3 is 0 Å². The Morgan fingerprint density at radius 1 is 0.786 bits per heavy atom. The Bertz CT molecular complexity index is 139. The molecule has 0 aliphatic heterocycles. The third-order valence-corrected chi connectivity index (χ3v) is 2.71. The maximum Gasteiger partial charge on any atom is 0.102 e. The van der Waals surface area contributed by atoms with Crippen molar-refractivity contribution in [2.24, 2.45) is 0 Å². The Hall–Kier alpha value is 0.610. The number of allylic oxidation sites excluding steroid dienone is 1. The average Bonchev–Trinajstić information content (AvgIpc) is 2.15. The second-order valence-electron chi connectivity index (χ2n) is 3.45. The second kappa shape index (κ2) is 11.7. The molecule has 0 radical (unpaired) electrons. The number of unbranched alkanes of at least 4 members (excludes halogenated alkanes) is 7. The van der Waals surface area contributed by atoms with Gasteiger partial charge in [-0.3, -0.25) is 0 Å². The van der Waals surface area contributed by atoms with Crippen LogP contribution in [0.4, 0.5) is 0 Å². The van der Waals surface area contributed by atoms with Crippen LogP contribution in [0.1, 0.15) is 51.4 Å². The maximum absolute atomic E-state index is 5.58. The van der Waals surface area contributed by atoms with E-state index in [9.17, 15) is 0 Å². The van der Waals surface area contributed by atoms with E-state index in [1.54, 1.807) is 0 Å². The van der Waals surface area contributed by atoms with Gasteiger partial charge in [-0.2, -0.15) is 0 Å². The molecular formula is C11H19Cl3. The van der Waals surface area contributed by atoms with E-state index in [0.717, 1.165) is 18.7 Å². The van der Waals surface area contributed by atoms with E-state index in [2.05, 4.69) is 0 Å². The fourth-order valence-electron chi connectivity index (χ4n) is 1.33. The van der Waals surface area contributed by atoms with Gasteiger partial charge in [-0.15, -0.1) is 11.6 Å². The molecule has 0 fully saturated rings. The minimum absolute atomic E-state index is 0.395. The molecule has 0 nitrogen and oxygen atoms in total. The summed E-state index contributed by atoms with van der Waals surface area (Å²) >= 11 is 16.6. The fourth-order valence-corrected chi connectivity index (χ4v) is 1.74. The maximum atomic E-state index is 5.58. The molecule has 0 aromatic carbocycles. The van der Waals surface area contributed by atoms with Crippen molar-refractivity contribution in [3.63, 3.8) is 0 Å². The third-order valence-electron chi connectivity index (χ3n) is 2.14. The largest absolute Gasteiger partial charge is 0.127 e. The monoisotopic (exact) mass is 256 g/mol. The minimum atomic E-state index is 0.395. The molecule has 0 spiro atoms. The van der Waals surface area contributed by atoms with Gasteiger partial charge in [-0.1, -0.05) is 61.4 Å². The lowest BCUT2D eigenvalue weighted by atomic mass is 10.1. The second-order valence-corrected chi connectivity index (χ2v) is 4.83. The Morgan fingerprint density at radius 2 is 1.29 bits per heavy atom. The molecule has 0 saturated carbocycles. The van der Waals surface area contributed by atoms with Crippen molar-refractivity contribution < 1.29 is 0 Å². The molecule has 0 aliphatic carbocycles. The molecule has 14 heavy (non-hydrogen) atoms. The van der Waals surface area contributed by atoms with E-state index in [1.807, 2.05) is 6.08 Å². The molecular weight excluding hydrogens is 238 g/mol. The summed E-state index contributed by atoms with van der Waals surface area (Å²) in [7, 11) is 0. The van der Waals surface area contributed by atoms with Crippen molar-refractivity contribution >= 4 is 34.8 Å². The number of alkyl halides is 1. The fraction of sp³-hybridized carbons (Fsp3) is 0.818. The van der Waals surface area contributed by atoms with E-state index in [1.165, 1.54) is 38.5 Å². The standard InChI is InChI=1S/C11H19Cl3/c12-10-8-6-4-2-1-3-5-7-9-11(13)14/h9H,1-8,10H2. The van der Waals surface area contributed by atoms with Gasteiger partial charge < -0.3 is 0 Å². The van der Waals surface area contributed by atoms with E-state index in [-0.39, 0.29) is 0 Å². The summed E-state index contributed by atoms with van der Waals surface area (Å²) in [5.41, 5.74) is 0. The van der Waals surface area contributed by atoms with Crippen LogP contribution in [0.5, 0.6) is 0 Å². The van der Waals surface area contributed by atoms with Gasteiger partial charge in [-0.25, -0.2) is 0 Å². The highest BCUT2D eigenvalue weighted by Crippen LogP contribution is 2.12. The van der Waals surface area contributed by atoms with Crippen molar-refractivity contribution in [2.45, 2.75) is 51.4 Å². The van der Waals surface area contributed by atoms with Crippen LogP contribution < -0.4 is 0 Å². The molecule has 0 saturated heterocycles. The molecule has 84 valence electrons. The van der Waals surface area contributed by atoms with Crippen molar-refractivity contribution in [3.05, 3.63) is 10.6 Å². The summed E-state index contributed by atoms with van der Waals surface area (Å²) in [5.74, 6) is 0.805. The van der Waals surface area contributed by atoms with Crippen LogP contribution in [-0.2, 0) is 0 Å². The summed E-state index contributed by atoms with van der Waals surface area (Å²) in [6, 6.07) is 0. The Labute approximate surface area is 103 Å². The summed E-state index contributed by atoms with van der Waals surface area (Å²) in [6.07, 6.45) is 11.7. The number of halogens is 3. The summed E-state index contributed by atoms with van der Waals surface area (Å²) < 4.78 is 0.395. The Balaban J connectivity index is 2.96. The van der Waals surface area contributed by atoms with Gasteiger partial charge in [-0.05, 0) is 19.3 Å². The predicted molar refractivity (Wildman–Crippen MR) is 67.4 cm³/mol. The topological polar surface area (TPSA) is 0 Å². The normalized spacial score (nSPS) is 10.2. The van der Waals surface area contributed by atoms with Gasteiger partial charge in [0.1, 0.15) is 4.49 Å². The first-order valence-corrected chi connectivity index (χ1v) is 6.63. The smallest absolute Gasteiger partial charge is 0.102 e. The van der Waals surface area contributed by atoms with Crippen molar-refractivity contribution in [1.82, 2.24) is 0 Å². The van der Waals surface area contributed by atoms with Gasteiger partial charge in [0.25, 0.3) is 0 Å². The molecule has 0 unspecified atom stereocenters. The van der Waals surface area contributed by atoms with Gasteiger partial charge in [0, 0.05) is 5.88 Å². The van der Waals surface area contributed by atoms with Gasteiger partial charge in [0.15, 0.2) is 0 Å². The number of rotatable bonds is 9. The highest BCUT2D eigenvalue weighted by Gasteiger charge is 1.91. The van der Waals surface area contributed by atoms with Crippen LogP contribution in [0.3, 0.4) is 0 Å². The predicted octanol–water partition coefficient (Wildman–Crippen LogP) is 5.67. The molecule has 0 bridgehead atoms. The zero-order chi connectivity index (χ0) is 10.6. The van der Waals surface area contributed by atoms with E-state index < -0.39 is 0 Å². The molecule has 0 heterocycles. The lowest BCUT2D eigenvalue weighted by molar-refractivity contribution is 0.593. The van der Waals surface area contributed by atoms with Crippen LogP contribution in [-0.4, -0.2) is 5.88 Å². The summed E-state index contributed by atoms with van der Waals surface area (Å²) in [4.78, 5) is 0. The summed E-state index contributed by atoms with van der Waals surface area (Å²) in [5, 5.41) is 0. The first-order valence-electron chi connectivity index (χ1n) is 5.34. The molecule has 0 N–H and O–H groups in total. The molecule has 0 amide bonds. The van der Waals surface area contributed by atoms with E-state index in [0.29, 0.717) is 4.49 Å². The highest BCUT2D eigenvalue weighted by atomic mass is 35.5. The van der Waals surface area contributed by atoms with Gasteiger partial charge in [0.05, 0.1) is 0 Å². The van der Waals surface area contributed by atoms with Crippen LogP contribution in [0, 0.1) is 0 Å². The van der Waals surface area contributed by atoms with Crippen LogP contribution in [0.15, 0.2) is 10.6 Å². The lowest BCUT2D eigenvalue weighted by Gasteiger charge is -1.99. The average molecular weight is 258 g/mol.